The molecule has 3 rings (SSSR count). The van der Waals surface area contributed by atoms with Gasteiger partial charge in [0.1, 0.15) is 11.4 Å². The number of aromatic carboxylic acids is 1. The zero-order chi connectivity index (χ0) is 18.4. The minimum Gasteiger partial charge on any atom is -0.478 e. The maximum atomic E-state index is 13.3. The van der Waals surface area contributed by atoms with Crippen LogP contribution in [0.1, 0.15) is 15.9 Å². The van der Waals surface area contributed by atoms with Gasteiger partial charge in [-0.1, -0.05) is 40.2 Å². The molecular weight excluding hydrogens is 401 g/mol. The molecule has 0 spiro atoms. The van der Waals surface area contributed by atoms with E-state index in [2.05, 4.69) is 20.9 Å². The van der Waals surface area contributed by atoms with Gasteiger partial charge in [-0.15, -0.1) is 0 Å². The quantitative estimate of drug-likeness (QED) is 0.625. The first kappa shape index (κ1) is 17.2. The summed E-state index contributed by atoms with van der Waals surface area (Å²) >= 11 is 3.28. The van der Waals surface area contributed by atoms with Gasteiger partial charge in [0.2, 0.25) is 0 Å². The van der Waals surface area contributed by atoms with E-state index in [0.717, 1.165) is 6.07 Å². The first-order valence-corrected chi connectivity index (χ1v) is 7.78. The fourth-order valence-electron chi connectivity index (χ4n) is 2.69. The van der Waals surface area contributed by atoms with E-state index in [1.54, 1.807) is 24.3 Å². The number of alkyl halides is 3. The van der Waals surface area contributed by atoms with Crippen molar-refractivity contribution in [1.29, 1.82) is 0 Å². The number of benzene rings is 2. The van der Waals surface area contributed by atoms with Crippen LogP contribution in [0.25, 0.3) is 22.0 Å². The average Bonchev–Trinajstić information content (AvgIpc) is 2.51. The van der Waals surface area contributed by atoms with E-state index < -0.39 is 23.5 Å². The average molecular weight is 411 g/mol. The number of aromatic nitrogens is 1. The van der Waals surface area contributed by atoms with Crippen molar-refractivity contribution < 1.29 is 23.1 Å². The summed E-state index contributed by atoms with van der Waals surface area (Å²) in [6, 6.07) is 10.1. The summed E-state index contributed by atoms with van der Waals surface area (Å²) in [4.78, 5) is 15.4. The van der Waals surface area contributed by atoms with Crippen LogP contribution in [0.5, 0.6) is 0 Å². The van der Waals surface area contributed by atoms with Gasteiger partial charge in [-0.3, -0.25) is 0 Å². The molecular formula is C17H10BrF3N2O2. The van der Waals surface area contributed by atoms with Gasteiger partial charge >= 0.3 is 12.1 Å². The van der Waals surface area contributed by atoms with Crippen molar-refractivity contribution in [2.24, 2.45) is 0 Å². The molecule has 1 heterocycles. The topological polar surface area (TPSA) is 76.2 Å². The van der Waals surface area contributed by atoms with Crippen molar-refractivity contribution in [1.82, 2.24) is 4.98 Å². The highest BCUT2D eigenvalue weighted by molar-refractivity contribution is 9.10. The largest absolute Gasteiger partial charge is 0.478 e. The summed E-state index contributed by atoms with van der Waals surface area (Å²) in [6.45, 7) is 0. The van der Waals surface area contributed by atoms with Crippen LogP contribution in [0.4, 0.5) is 19.0 Å². The van der Waals surface area contributed by atoms with Crippen molar-refractivity contribution in [3.8, 4) is 11.1 Å². The smallest absolute Gasteiger partial charge is 0.418 e. The van der Waals surface area contributed by atoms with Gasteiger partial charge in [0.15, 0.2) is 0 Å². The summed E-state index contributed by atoms with van der Waals surface area (Å²) in [5.74, 6) is -1.83. The summed E-state index contributed by atoms with van der Waals surface area (Å²) in [6.07, 6.45) is -4.64. The fraction of sp³-hybridized carbons (Fsp3) is 0.0588. The number of nitrogens with two attached hydrogens (primary N) is 1. The molecule has 0 aliphatic heterocycles. The Kier molecular flexibility index (Phi) is 4.16. The predicted octanol–water partition coefficient (Wildman–Crippen LogP) is 4.96. The second kappa shape index (κ2) is 6.03. The molecule has 0 aliphatic carbocycles. The van der Waals surface area contributed by atoms with Crippen LogP contribution in [0.15, 0.2) is 46.9 Å². The minimum absolute atomic E-state index is 0.0690. The Labute approximate surface area is 148 Å². The fourth-order valence-corrected chi connectivity index (χ4v) is 3.09. The molecule has 0 bridgehead atoms. The van der Waals surface area contributed by atoms with Crippen molar-refractivity contribution in [3.05, 3.63) is 58.1 Å². The Morgan fingerprint density at radius 2 is 1.84 bits per heavy atom. The molecule has 3 N–H and O–H groups in total. The number of hydrogen-bond donors (Lipinski definition) is 2. The van der Waals surface area contributed by atoms with Crippen LogP contribution in [-0.4, -0.2) is 16.1 Å². The molecule has 0 saturated heterocycles. The Balaban J connectivity index is 2.52. The summed E-state index contributed by atoms with van der Waals surface area (Å²) in [5, 5.41) is 9.58. The number of anilines is 1. The van der Waals surface area contributed by atoms with Crippen LogP contribution in [0.3, 0.4) is 0 Å². The van der Waals surface area contributed by atoms with Crippen molar-refractivity contribution >= 4 is 38.6 Å². The monoisotopic (exact) mass is 410 g/mol. The third kappa shape index (κ3) is 3.05. The van der Waals surface area contributed by atoms with E-state index in [1.807, 2.05) is 0 Å². The van der Waals surface area contributed by atoms with Crippen LogP contribution in [0, 0.1) is 0 Å². The normalized spacial score (nSPS) is 11.7. The van der Waals surface area contributed by atoms with Crippen molar-refractivity contribution in [2.75, 3.05) is 5.73 Å². The van der Waals surface area contributed by atoms with Gasteiger partial charge in [-0.2, -0.15) is 13.2 Å². The SMILES string of the molecule is Nc1nc2c(C(F)(F)F)cccc2c(-c2cccc(Br)c2)c1C(=O)O. The molecule has 0 aliphatic rings. The predicted molar refractivity (Wildman–Crippen MR) is 91.3 cm³/mol. The minimum atomic E-state index is -4.64. The number of halogens is 4. The number of para-hydroxylation sites is 1. The zero-order valence-electron chi connectivity index (χ0n) is 12.4. The molecule has 25 heavy (non-hydrogen) atoms. The number of hydrogen-bond acceptors (Lipinski definition) is 3. The highest BCUT2D eigenvalue weighted by atomic mass is 79.9. The highest BCUT2D eigenvalue weighted by Gasteiger charge is 2.34. The Hall–Kier alpha value is -2.61. The van der Waals surface area contributed by atoms with E-state index in [0.29, 0.717) is 10.0 Å². The molecule has 0 unspecified atom stereocenters. The molecule has 8 heteroatoms. The maximum Gasteiger partial charge on any atom is 0.418 e. The Morgan fingerprint density at radius 3 is 2.44 bits per heavy atom. The number of carboxylic acids is 1. The molecule has 0 atom stereocenters. The van der Waals surface area contributed by atoms with Gasteiger partial charge < -0.3 is 10.8 Å². The third-order valence-electron chi connectivity index (χ3n) is 3.68. The molecule has 4 nitrogen and oxygen atoms in total. The Bertz CT molecular complexity index is 1000. The van der Waals surface area contributed by atoms with E-state index in [4.69, 9.17) is 5.73 Å². The number of rotatable bonds is 2. The number of nitrogen functional groups attached to an aromatic ring is 1. The maximum absolute atomic E-state index is 13.3. The van der Waals surface area contributed by atoms with Gasteiger partial charge in [0.05, 0.1) is 11.1 Å². The lowest BCUT2D eigenvalue weighted by Crippen LogP contribution is -2.11. The number of carboxylic acid groups (broad SMARTS) is 1. The van der Waals surface area contributed by atoms with Gasteiger partial charge in [-0.25, -0.2) is 9.78 Å². The number of pyridine rings is 1. The summed E-state index contributed by atoms with van der Waals surface area (Å²) < 4.78 is 40.6. The number of carbonyl (C=O) groups is 1. The summed E-state index contributed by atoms with van der Waals surface area (Å²) in [5.41, 5.74) is 4.55. The van der Waals surface area contributed by atoms with Crippen molar-refractivity contribution in [3.63, 3.8) is 0 Å². The molecule has 3 aromatic rings. The molecule has 0 amide bonds. The Morgan fingerprint density at radius 1 is 1.16 bits per heavy atom. The molecule has 2 aromatic carbocycles. The van der Waals surface area contributed by atoms with E-state index in [-0.39, 0.29) is 22.0 Å². The molecule has 128 valence electrons. The number of nitrogens with zero attached hydrogens (tertiary/aromatic N) is 1. The van der Waals surface area contributed by atoms with Crippen LogP contribution in [0.2, 0.25) is 0 Å². The van der Waals surface area contributed by atoms with Crippen LogP contribution >= 0.6 is 15.9 Å². The van der Waals surface area contributed by atoms with Crippen molar-refractivity contribution in [2.45, 2.75) is 6.18 Å². The van der Waals surface area contributed by atoms with E-state index in [1.165, 1.54) is 12.1 Å². The van der Waals surface area contributed by atoms with Crippen LogP contribution in [-0.2, 0) is 6.18 Å². The molecule has 0 saturated carbocycles. The lowest BCUT2D eigenvalue weighted by molar-refractivity contribution is -0.136. The second-order valence-corrected chi connectivity index (χ2v) is 6.18. The van der Waals surface area contributed by atoms with Gasteiger partial charge in [0, 0.05) is 15.4 Å². The van der Waals surface area contributed by atoms with Gasteiger partial charge in [0.25, 0.3) is 0 Å². The lowest BCUT2D eigenvalue weighted by atomic mass is 9.94. The summed E-state index contributed by atoms with van der Waals surface area (Å²) in [7, 11) is 0. The first-order chi connectivity index (χ1) is 11.7. The third-order valence-corrected chi connectivity index (χ3v) is 4.17. The van der Waals surface area contributed by atoms with E-state index in [9.17, 15) is 23.1 Å². The van der Waals surface area contributed by atoms with E-state index >= 15 is 0 Å². The second-order valence-electron chi connectivity index (χ2n) is 5.26. The standard InChI is InChI=1S/C17H10BrF3N2O2/c18-9-4-1-3-8(7-9)12-10-5-2-6-11(17(19,20)21)14(10)23-15(22)13(12)16(24)25/h1-7H,(H2,22,23)(H,24,25). The first-order valence-electron chi connectivity index (χ1n) is 6.98. The number of fused-ring (bicyclic) bond motifs is 1. The van der Waals surface area contributed by atoms with Gasteiger partial charge in [-0.05, 0) is 23.8 Å². The molecule has 0 radical (unpaired) electrons. The molecule has 1 aromatic heterocycles. The van der Waals surface area contributed by atoms with Crippen LogP contribution < -0.4 is 5.73 Å². The highest BCUT2D eigenvalue weighted by Crippen LogP contribution is 2.40. The molecule has 0 fully saturated rings. The zero-order valence-corrected chi connectivity index (χ0v) is 14.0. The lowest BCUT2D eigenvalue weighted by Gasteiger charge is -2.16.